The van der Waals surface area contributed by atoms with Crippen LogP contribution in [0.4, 0.5) is 0 Å². The Morgan fingerprint density at radius 2 is 2.14 bits per heavy atom. The number of thioether (sulfide) groups is 1. The zero-order valence-corrected chi connectivity index (χ0v) is 13.5. The van der Waals surface area contributed by atoms with Crippen LogP contribution in [0.15, 0.2) is 34.3 Å². The number of hydrogen-bond acceptors (Lipinski definition) is 5. The Morgan fingerprint density at radius 1 is 1.36 bits per heavy atom. The van der Waals surface area contributed by atoms with Crippen LogP contribution in [0.2, 0.25) is 0 Å². The molecule has 0 aliphatic rings. The summed E-state index contributed by atoms with van der Waals surface area (Å²) < 4.78 is 0. The van der Waals surface area contributed by atoms with Gasteiger partial charge in [-0.1, -0.05) is 11.8 Å². The van der Waals surface area contributed by atoms with Crippen LogP contribution < -0.4 is 10.9 Å². The van der Waals surface area contributed by atoms with Crippen LogP contribution in [0.3, 0.4) is 0 Å². The molecule has 2 N–H and O–H groups in total. The van der Waals surface area contributed by atoms with Crippen LogP contribution in [0.1, 0.15) is 23.9 Å². The number of aryl methyl sites for hydroxylation is 2. The molecule has 2 heterocycles. The van der Waals surface area contributed by atoms with E-state index in [0.29, 0.717) is 17.4 Å². The minimum atomic E-state index is -0.354. The van der Waals surface area contributed by atoms with Gasteiger partial charge in [-0.05, 0) is 38.5 Å². The van der Waals surface area contributed by atoms with Gasteiger partial charge in [0.1, 0.15) is 0 Å². The Hall–Kier alpha value is -2.15. The number of aromatic nitrogens is 3. The van der Waals surface area contributed by atoms with Crippen LogP contribution >= 0.6 is 11.8 Å². The lowest BCUT2D eigenvalue weighted by atomic mass is 10.2. The highest BCUT2D eigenvalue weighted by Crippen LogP contribution is 2.18. The average Bonchev–Trinajstić information content (AvgIpc) is 2.43. The third-order valence-electron chi connectivity index (χ3n) is 2.93. The molecule has 0 saturated heterocycles. The third kappa shape index (κ3) is 4.70. The van der Waals surface area contributed by atoms with E-state index in [-0.39, 0.29) is 16.7 Å². The molecule has 0 aromatic carbocycles. The van der Waals surface area contributed by atoms with Crippen LogP contribution in [0, 0.1) is 13.8 Å². The second-order valence-electron chi connectivity index (χ2n) is 4.98. The van der Waals surface area contributed by atoms with Crippen molar-refractivity contribution < 1.29 is 4.79 Å². The summed E-state index contributed by atoms with van der Waals surface area (Å²) in [6.45, 7) is 5.88. The van der Waals surface area contributed by atoms with E-state index in [2.05, 4.69) is 20.3 Å². The first-order chi connectivity index (χ1) is 10.4. The van der Waals surface area contributed by atoms with Crippen molar-refractivity contribution >= 4 is 17.7 Å². The van der Waals surface area contributed by atoms with Gasteiger partial charge in [0, 0.05) is 30.2 Å². The number of carbonyl (C=O) groups excluding carboxylic acids is 1. The predicted molar refractivity (Wildman–Crippen MR) is 85.7 cm³/mol. The highest BCUT2D eigenvalue weighted by atomic mass is 32.2. The summed E-state index contributed by atoms with van der Waals surface area (Å²) in [6, 6.07) is 5.21. The van der Waals surface area contributed by atoms with Gasteiger partial charge in [-0.25, -0.2) is 4.98 Å². The number of rotatable bonds is 5. The predicted octanol–water partition coefficient (Wildman–Crippen LogP) is 1.58. The van der Waals surface area contributed by atoms with E-state index in [1.807, 2.05) is 19.1 Å². The molecule has 1 amide bonds. The third-order valence-corrected chi connectivity index (χ3v) is 3.92. The van der Waals surface area contributed by atoms with Gasteiger partial charge in [-0.2, -0.15) is 0 Å². The van der Waals surface area contributed by atoms with Gasteiger partial charge in [0.15, 0.2) is 5.16 Å². The standard InChI is InChI=1S/C15H18N4O2S/c1-9-6-12(4-5-16-9)8-17-14(21)11(3)22-15-18-10(2)7-13(20)19-15/h4-7,11H,8H2,1-3H3,(H,17,21)(H,18,19,20). The van der Waals surface area contributed by atoms with Crippen LogP contribution in [-0.2, 0) is 11.3 Å². The maximum atomic E-state index is 12.1. The van der Waals surface area contributed by atoms with Crippen molar-refractivity contribution in [3.05, 3.63) is 51.7 Å². The molecule has 6 nitrogen and oxygen atoms in total. The number of carbonyl (C=O) groups is 1. The largest absolute Gasteiger partial charge is 0.351 e. The lowest BCUT2D eigenvalue weighted by Gasteiger charge is -2.11. The molecule has 7 heteroatoms. The van der Waals surface area contributed by atoms with Gasteiger partial charge in [0.05, 0.1) is 5.25 Å². The topological polar surface area (TPSA) is 87.7 Å². The normalized spacial score (nSPS) is 12.0. The molecule has 116 valence electrons. The number of pyridine rings is 1. The molecule has 0 fully saturated rings. The van der Waals surface area contributed by atoms with Crippen LogP contribution in [0.5, 0.6) is 0 Å². The first-order valence-electron chi connectivity index (χ1n) is 6.88. The number of nitrogens with zero attached hydrogens (tertiary/aromatic N) is 2. The Kier molecular flexibility index (Phi) is 5.32. The molecule has 2 aromatic heterocycles. The van der Waals surface area contributed by atoms with Gasteiger partial charge in [0.2, 0.25) is 5.91 Å². The molecule has 0 saturated carbocycles. The zero-order chi connectivity index (χ0) is 16.1. The highest BCUT2D eigenvalue weighted by Gasteiger charge is 2.15. The molecular formula is C15H18N4O2S. The minimum absolute atomic E-state index is 0.108. The lowest BCUT2D eigenvalue weighted by Crippen LogP contribution is -2.30. The minimum Gasteiger partial charge on any atom is -0.351 e. The monoisotopic (exact) mass is 318 g/mol. The zero-order valence-electron chi connectivity index (χ0n) is 12.7. The second kappa shape index (κ2) is 7.22. The van der Waals surface area contributed by atoms with Gasteiger partial charge >= 0.3 is 0 Å². The van der Waals surface area contributed by atoms with Crippen molar-refractivity contribution in [1.29, 1.82) is 0 Å². The molecule has 2 rings (SSSR count). The van der Waals surface area contributed by atoms with E-state index in [0.717, 1.165) is 11.3 Å². The van der Waals surface area contributed by atoms with Crippen molar-refractivity contribution in [2.75, 3.05) is 0 Å². The first-order valence-corrected chi connectivity index (χ1v) is 7.76. The average molecular weight is 318 g/mol. The van der Waals surface area contributed by atoms with E-state index in [1.54, 1.807) is 20.0 Å². The van der Waals surface area contributed by atoms with Crippen molar-refractivity contribution in [2.45, 2.75) is 37.7 Å². The molecule has 22 heavy (non-hydrogen) atoms. The molecule has 0 radical (unpaired) electrons. The maximum Gasteiger partial charge on any atom is 0.251 e. The molecule has 0 spiro atoms. The smallest absolute Gasteiger partial charge is 0.251 e. The lowest BCUT2D eigenvalue weighted by molar-refractivity contribution is -0.120. The number of hydrogen-bond donors (Lipinski definition) is 2. The van der Waals surface area contributed by atoms with E-state index in [4.69, 9.17) is 0 Å². The number of H-pyrrole nitrogens is 1. The summed E-state index contributed by atoms with van der Waals surface area (Å²) in [5, 5.41) is 2.97. The molecular weight excluding hydrogens is 300 g/mol. The Balaban J connectivity index is 1.93. The summed E-state index contributed by atoms with van der Waals surface area (Å²) >= 11 is 1.23. The van der Waals surface area contributed by atoms with Crippen molar-refractivity contribution in [3.8, 4) is 0 Å². The fourth-order valence-corrected chi connectivity index (χ4v) is 2.76. The van der Waals surface area contributed by atoms with E-state index < -0.39 is 0 Å². The quantitative estimate of drug-likeness (QED) is 0.645. The van der Waals surface area contributed by atoms with Gasteiger partial charge in [-0.3, -0.25) is 14.6 Å². The first kappa shape index (κ1) is 16.2. The Labute approximate surface area is 132 Å². The number of nitrogens with one attached hydrogen (secondary N) is 2. The Bertz CT molecular complexity index is 729. The SMILES string of the molecule is Cc1cc(CNC(=O)C(C)Sc2nc(C)cc(=O)[nH]2)ccn1. The van der Waals surface area contributed by atoms with E-state index >= 15 is 0 Å². The molecule has 0 aliphatic carbocycles. The molecule has 2 aromatic rings. The summed E-state index contributed by atoms with van der Waals surface area (Å²) in [5.41, 5.74) is 2.33. The van der Waals surface area contributed by atoms with Gasteiger partial charge < -0.3 is 10.3 Å². The van der Waals surface area contributed by atoms with Gasteiger partial charge in [-0.15, -0.1) is 0 Å². The number of aromatic amines is 1. The highest BCUT2D eigenvalue weighted by molar-refractivity contribution is 8.00. The summed E-state index contributed by atoms with van der Waals surface area (Å²) in [6.07, 6.45) is 1.72. The van der Waals surface area contributed by atoms with Gasteiger partial charge in [0.25, 0.3) is 5.56 Å². The summed E-state index contributed by atoms with van der Waals surface area (Å²) in [4.78, 5) is 34.4. The fraction of sp³-hybridized carbons (Fsp3) is 0.333. The molecule has 0 bridgehead atoms. The Morgan fingerprint density at radius 3 is 2.82 bits per heavy atom. The maximum absolute atomic E-state index is 12.1. The fourth-order valence-electron chi connectivity index (χ4n) is 1.88. The van der Waals surface area contributed by atoms with Crippen molar-refractivity contribution in [3.63, 3.8) is 0 Å². The van der Waals surface area contributed by atoms with Crippen LogP contribution in [0.25, 0.3) is 0 Å². The molecule has 1 atom stereocenters. The van der Waals surface area contributed by atoms with E-state index in [9.17, 15) is 9.59 Å². The summed E-state index contributed by atoms with van der Waals surface area (Å²) in [7, 11) is 0. The number of amides is 1. The molecule has 0 aliphatic heterocycles. The van der Waals surface area contributed by atoms with E-state index in [1.165, 1.54) is 17.8 Å². The second-order valence-corrected chi connectivity index (χ2v) is 6.30. The molecule has 1 unspecified atom stereocenters. The van der Waals surface area contributed by atoms with Crippen molar-refractivity contribution in [1.82, 2.24) is 20.3 Å². The summed E-state index contributed by atoms with van der Waals surface area (Å²) in [5.74, 6) is -0.108. The van der Waals surface area contributed by atoms with Crippen molar-refractivity contribution in [2.24, 2.45) is 0 Å². The van der Waals surface area contributed by atoms with Crippen LogP contribution in [-0.4, -0.2) is 26.1 Å².